The summed E-state index contributed by atoms with van der Waals surface area (Å²) >= 11 is 0. The van der Waals surface area contributed by atoms with Crippen LogP contribution in [0.5, 0.6) is 11.5 Å². The van der Waals surface area contributed by atoms with Crippen LogP contribution in [0, 0.1) is 5.92 Å². The van der Waals surface area contributed by atoms with Gasteiger partial charge in [0.05, 0.1) is 14.2 Å². The van der Waals surface area contributed by atoms with E-state index in [-0.39, 0.29) is 6.61 Å². The van der Waals surface area contributed by atoms with Gasteiger partial charge in [-0.05, 0) is 49.8 Å². The van der Waals surface area contributed by atoms with E-state index >= 15 is 0 Å². The van der Waals surface area contributed by atoms with Gasteiger partial charge in [-0.3, -0.25) is 0 Å². The zero-order valence-electron chi connectivity index (χ0n) is 17.3. The molecule has 4 rings (SSSR count). The van der Waals surface area contributed by atoms with Gasteiger partial charge in [0.15, 0.2) is 0 Å². The third-order valence-corrected chi connectivity index (χ3v) is 5.85. The second-order valence-electron chi connectivity index (χ2n) is 7.91. The quantitative estimate of drug-likeness (QED) is 0.733. The van der Waals surface area contributed by atoms with Gasteiger partial charge in [-0.15, -0.1) is 0 Å². The molecule has 1 atom stereocenters. The summed E-state index contributed by atoms with van der Waals surface area (Å²) in [4.78, 5) is 13.7. The lowest BCUT2D eigenvalue weighted by atomic mass is 9.99. The molecule has 1 aliphatic carbocycles. The molecule has 156 valence electrons. The predicted octanol–water partition coefficient (Wildman–Crippen LogP) is 2.87. The molecular formula is C22H30N4O3. The second kappa shape index (κ2) is 8.86. The number of nitrogens with zero attached hydrogens (tertiary/aromatic N) is 4. The van der Waals surface area contributed by atoms with Crippen molar-refractivity contribution in [1.82, 2.24) is 9.97 Å². The number of hydrogen-bond acceptors (Lipinski definition) is 7. The molecular weight excluding hydrogens is 368 g/mol. The number of methoxy groups -OCH3 is 2. The maximum Gasteiger partial charge on any atom is 0.134 e. The Morgan fingerprint density at radius 1 is 1.14 bits per heavy atom. The Balaban J connectivity index is 1.58. The first-order valence-electron chi connectivity index (χ1n) is 10.4. The maximum absolute atomic E-state index is 9.55. The van der Waals surface area contributed by atoms with Crippen molar-refractivity contribution >= 4 is 11.6 Å². The van der Waals surface area contributed by atoms with Crippen molar-refractivity contribution < 1.29 is 14.6 Å². The summed E-state index contributed by atoms with van der Waals surface area (Å²) in [5, 5.41) is 9.55. The molecule has 7 nitrogen and oxygen atoms in total. The van der Waals surface area contributed by atoms with Crippen LogP contribution >= 0.6 is 0 Å². The summed E-state index contributed by atoms with van der Waals surface area (Å²) in [7, 11) is 3.38. The third-order valence-electron chi connectivity index (χ3n) is 5.85. The van der Waals surface area contributed by atoms with E-state index in [0.717, 1.165) is 54.6 Å². The van der Waals surface area contributed by atoms with Gasteiger partial charge >= 0.3 is 0 Å². The van der Waals surface area contributed by atoms with Crippen molar-refractivity contribution in [2.75, 3.05) is 43.7 Å². The van der Waals surface area contributed by atoms with E-state index in [4.69, 9.17) is 9.47 Å². The number of aliphatic hydroxyl groups is 1. The van der Waals surface area contributed by atoms with Crippen molar-refractivity contribution in [3.05, 3.63) is 36.2 Å². The Kier molecular flexibility index (Phi) is 6.04. The molecule has 1 saturated carbocycles. The zero-order valence-corrected chi connectivity index (χ0v) is 17.3. The average Bonchev–Trinajstić information content (AvgIpc) is 3.62. The van der Waals surface area contributed by atoms with Gasteiger partial charge in [0.1, 0.15) is 29.5 Å². The van der Waals surface area contributed by atoms with E-state index in [1.165, 1.54) is 12.8 Å². The Labute approximate surface area is 172 Å². The lowest BCUT2D eigenvalue weighted by Crippen LogP contribution is -2.37. The minimum Gasteiger partial charge on any atom is -0.497 e. The van der Waals surface area contributed by atoms with E-state index in [1.807, 2.05) is 18.2 Å². The highest BCUT2D eigenvalue weighted by atomic mass is 16.5. The van der Waals surface area contributed by atoms with Crippen LogP contribution < -0.4 is 19.3 Å². The van der Waals surface area contributed by atoms with Crippen LogP contribution in [0.3, 0.4) is 0 Å². The summed E-state index contributed by atoms with van der Waals surface area (Å²) < 4.78 is 11.0. The number of ether oxygens (including phenoxy) is 2. The number of benzene rings is 1. The van der Waals surface area contributed by atoms with Gasteiger partial charge in [-0.1, -0.05) is 0 Å². The molecule has 2 aliphatic rings. The van der Waals surface area contributed by atoms with Gasteiger partial charge in [-0.25, -0.2) is 9.97 Å². The van der Waals surface area contributed by atoms with E-state index in [2.05, 4.69) is 25.8 Å². The molecule has 0 amide bonds. The first kappa shape index (κ1) is 19.8. The first-order chi connectivity index (χ1) is 14.2. The van der Waals surface area contributed by atoms with Gasteiger partial charge in [0.25, 0.3) is 0 Å². The lowest BCUT2D eigenvalue weighted by molar-refractivity contribution is 0.208. The maximum atomic E-state index is 9.55. The van der Waals surface area contributed by atoms with Gasteiger partial charge in [0, 0.05) is 43.9 Å². The highest BCUT2D eigenvalue weighted by Crippen LogP contribution is 2.35. The molecule has 0 bridgehead atoms. The third kappa shape index (κ3) is 4.56. The molecule has 1 N–H and O–H groups in total. The van der Waals surface area contributed by atoms with Gasteiger partial charge in [-0.2, -0.15) is 0 Å². The minimum absolute atomic E-state index is 0.234. The highest BCUT2D eigenvalue weighted by molar-refractivity contribution is 5.53. The Hall–Kier alpha value is -2.54. The van der Waals surface area contributed by atoms with E-state index in [1.54, 1.807) is 20.5 Å². The van der Waals surface area contributed by atoms with Crippen LogP contribution in [0.25, 0.3) is 0 Å². The van der Waals surface area contributed by atoms with Crippen LogP contribution in [-0.4, -0.2) is 55.0 Å². The molecule has 1 aromatic heterocycles. The molecule has 1 aromatic carbocycles. The van der Waals surface area contributed by atoms with Gasteiger partial charge < -0.3 is 24.4 Å². The van der Waals surface area contributed by atoms with E-state index in [9.17, 15) is 5.11 Å². The monoisotopic (exact) mass is 398 g/mol. The molecule has 1 unspecified atom stereocenters. The van der Waals surface area contributed by atoms with Crippen molar-refractivity contribution in [2.45, 2.75) is 38.3 Å². The summed E-state index contributed by atoms with van der Waals surface area (Å²) in [6.45, 7) is 2.76. The summed E-state index contributed by atoms with van der Waals surface area (Å²) in [6, 6.07) is 8.48. The normalized spacial score (nSPS) is 19.1. The first-order valence-corrected chi connectivity index (χ1v) is 10.4. The molecule has 2 fully saturated rings. The average molecular weight is 399 g/mol. The molecule has 0 radical (unpaired) electrons. The SMILES string of the molecule is COc1ccc(OC)c(CN(c2cc(N3CCCC(CO)C3)ncn2)C2CC2)c1. The molecule has 2 aromatic rings. The van der Waals surface area contributed by atoms with Crippen molar-refractivity contribution in [2.24, 2.45) is 5.92 Å². The van der Waals surface area contributed by atoms with Crippen molar-refractivity contribution in [3.8, 4) is 11.5 Å². The Bertz CT molecular complexity index is 827. The van der Waals surface area contributed by atoms with Gasteiger partial charge in [0.2, 0.25) is 0 Å². The Morgan fingerprint density at radius 3 is 2.72 bits per heavy atom. The molecule has 1 saturated heterocycles. The van der Waals surface area contributed by atoms with Crippen LogP contribution in [0.15, 0.2) is 30.6 Å². The topological polar surface area (TPSA) is 71.0 Å². The fourth-order valence-electron chi connectivity index (χ4n) is 4.06. The summed E-state index contributed by atoms with van der Waals surface area (Å²) in [5.41, 5.74) is 1.08. The number of piperidine rings is 1. The second-order valence-corrected chi connectivity index (χ2v) is 7.91. The zero-order chi connectivity index (χ0) is 20.2. The lowest BCUT2D eigenvalue weighted by Gasteiger charge is -2.33. The standard InChI is InChI=1S/C22H30N4O3/c1-28-19-7-8-20(29-2)17(10-19)13-26(18-5-6-18)22-11-21(23-15-24-22)25-9-3-4-16(12-25)14-27/h7-8,10-11,15-16,18,27H,3-6,9,12-14H2,1-2H3. The number of hydrogen-bond donors (Lipinski definition) is 1. The molecule has 7 heteroatoms. The van der Waals surface area contributed by atoms with Crippen molar-refractivity contribution in [3.63, 3.8) is 0 Å². The number of aliphatic hydroxyl groups excluding tert-OH is 1. The summed E-state index contributed by atoms with van der Waals surface area (Å²) in [5.74, 6) is 3.88. The van der Waals surface area contributed by atoms with Crippen LogP contribution in [-0.2, 0) is 6.54 Å². The molecule has 0 spiro atoms. The van der Waals surface area contributed by atoms with E-state index < -0.39 is 0 Å². The van der Waals surface area contributed by atoms with Crippen LogP contribution in [0.1, 0.15) is 31.2 Å². The number of anilines is 2. The number of rotatable bonds is 8. The van der Waals surface area contributed by atoms with Crippen molar-refractivity contribution in [1.29, 1.82) is 0 Å². The van der Waals surface area contributed by atoms with Crippen LogP contribution in [0.2, 0.25) is 0 Å². The largest absolute Gasteiger partial charge is 0.497 e. The Morgan fingerprint density at radius 2 is 2.00 bits per heavy atom. The van der Waals surface area contributed by atoms with Crippen LogP contribution in [0.4, 0.5) is 11.6 Å². The van der Waals surface area contributed by atoms with E-state index in [0.29, 0.717) is 18.5 Å². The molecule has 29 heavy (non-hydrogen) atoms. The fraction of sp³-hybridized carbons (Fsp3) is 0.545. The smallest absolute Gasteiger partial charge is 0.134 e. The number of aromatic nitrogens is 2. The summed E-state index contributed by atoms with van der Waals surface area (Å²) in [6.07, 6.45) is 6.15. The molecule has 1 aliphatic heterocycles. The fourth-order valence-corrected chi connectivity index (χ4v) is 4.06. The molecule has 2 heterocycles. The minimum atomic E-state index is 0.234. The predicted molar refractivity (Wildman–Crippen MR) is 113 cm³/mol. The highest BCUT2D eigenvalue weighted by Gasteiger charge is 2.31.